The van der Waals surface area contributed by atoms with Gasteiger partial charge >= 0.3 is 12.2 Å². The minimum atomic E-state index is -4.58. The van der Waals surface area contributed by atoms with Gasteiger partial charge in [0.2, 0.25) is 0 Å². The summed E-state index contributed by atoms with van der Waals surface area (Å²) in [6.07, 6.45) is -3.86. The zero-order valence-electron chi connectivity index (χ0n) is 13.3. The first kappa shape index (κ1) is 18.4. The molecule has 3 aromatic rings. The Labute approximate surface area is 161 Å². The van der Waals surface area contributed by atoms with E-state index in [0.717, 1.165) is 15.3 Å². The number of anilines is 2. The second kappa shape index (κ2) is 7.90. The van der Waals surface area contributed by atoms with Crippen LogP contribution in [0.4, 0.5) is 24.7 Å². The van der Waals surface area contributed by atoms with Gasteiger partial charge in [0.15, 0.2) is 0 Å². The van der Waals surface area contributed by atoms with E-state index >= 15 is 0 Å². The topological polar surface area (TPSA) is 47.0 Å². The first-order valence-corrected chi connectivity index (χ1v) is 8.64. The summed E-state index contributed by atoms with van der Waals surface area (Å²) in [5.74, 6) is -0.348. The Morgan fingerprint density at radius 3 is 2.38 bits per heavy atom. The number of para-hydroxylation sites is 1. The average Bonchev–Trinajstić information content (AvgIpc) is 2.62. The Bertz CT molecular complexity index is 888. The maximum Gasteiger partial charge on any atom is 0.421 e. The highest BCUT2D eigenvalue weighted by Gasteiger charge is 2.35. The molecule has 1 aromatic heterocycles. The van der Waals surface area contributed by atoms with Crippen molar-refractivity contribution in [1.29, 1.82) is 0 Å². The van der Waals surface area contributed by atoms with Gasteiger partial charge in [-0.3, -0.25) is 0 Å². The summed E-state index contributed by atoms with van der Waals surface area (Å²) in [4.78, 5) is 7.61. The van der Waals surface area contributed by atoms with E-state index in [1.807, 2.05) is 52.9 Å². The lowest BCUT2D eigenvalue weighted by molar-refractivity contribution is -0.137. The summed E-state index contributed by atoms with van der Waals surface area (Å²) in [7, 11) is 0. The first-order valence-electron chi connectivity index (χ1n) is 7.56. The smallest absolute Gasteiger partial charge is 0.421 e. The Balaban J connectivity index is 1.88. The van der Waals surface area contributed by atoms with Crippen LogP contribution < -0.4 is 10.1 Å². The summed E-state index contributed by atoms with van der Waals surface area (Å²) in [5.41, 5.74) is 0.429. The van der Waals surface area contributed by atoms with Gasteiger partial charge in [-0.1, -0.05) is 42.5 Å². The van der Waals surface area contributed by atoms with E-state index in [1.165, 1.54) is 0 Å². The third kappa shape index (κ3) is 4.63. The van der Waals surface area contributed by atoms with Gasteiger partial charge in [-0.2, -0.15) is 18.2 Å². The highest BCUT2D eigenvalue weighted by atomic mass is 127. The van der Waals surface area contributed by atoms with Gasteiger partial charge in [-0.25, -0.2) is 4.98 Å². The first-order chi connectivity index (χ1) is 12.4. The van der Waals surface area contributed by atoms with Crippen molar-refractivity contribution in [3.8, 4) is 6.01 Å². The number of hydrogen-bond acceptors (Lipinski definition) is 4. The number of nitrogens with one attached hydrogen (secondary N) is 1. The molecular weight excluding hydrogens is 458 g/mol. The zero-order chi connectivity index (χ0) is 18.6. The lowest BCUT2D eigenvalue weighted by Gasteiger charge is -2.15. The summed E-state index contributed by atoms with van der Waals surface area (Å²) < 4.78 is 46.0. The van der Waals surface area contributed by atoms with E-state index in [-0.39, 0.29) is 18.4 Å². The van der Waals surface area contributed by atoms with Gasteiger partial charge in [0.05, 0.1) is 5.69 Å². The molecule has 0 fully saturated rings. The minimum Gasteiger partial charge on any atom is -0.459 e. The molecule has 0 saturated heterocycles. The van der Waals surface area contributed by atoms with Gasteiger partial charge in [-0.15, -0.1) is 0 Å². The van der Waals surface area contributed by atoms with Crippen molar-refractivity contribution in [3.05, 3.63) is 75.5 Å². The number of hydrogen-bond donors (Lipinski definition) is 1. The minimum absolute atomic E-state index is 0.129. The third-order valence-corrected chi connectivity index (χ3v) is 4.35. The van der Waals surface area contributed by atoms with E-state index < -0.39 is 11.7 Å². The Morgan fingerprint density at radius 1 is 1.00 bits per heavy atom. The molecule has 0 radical (unpaired) electrons. The van der Waals surface area contributed by atoms with Crippen molar-refractivity contribution >= 4 is 34.1 Å². The fraction of sp³-hybridized carbons (Fsp3) is 0.111. The van der Waals surface area contributed by atoms with Gasteiger partial charge < -0.3 is 10.1 Å². The maximum absolute atomic E-state index is 13.3. The summed E-state index contributed by atoms with van der Waals surface area (Å²) in [5, 5.41) is 2.73. The van der Waals surface area contributed by atoms with Crippen molar-refractivity contribution in [2.75, 3.05) is 5.32 Å². The highest BCUT2D eigenvalue weighted by molar-refractivity contribution is 14.1. The average molecular weight is 471 g/mol. The number of alkyl halides is 3. The predicted octanol–water partition coefficient (Wildman–Crippen LogP) is 5.42. The van der Waals surface area contributed by atoms with Crippen LogP contribution in [0.25, 0.3) is 0 Å². The van der Waals surface area contributed by atoms with Crippen LogP contribution in [0.3, 0.4) is 0 Å². The molecule has 3 rings (SSSR count). The van der Waals surface area contributed by atoms with Crippen LogP contribution in [0, 0.1) is 3.57 Å². The predicted molar refractivity (Wildman–Crippen MR) is 100 cm³/mol. The molecular formula is C18H13F3IN3O. The fourth-order valence-electron chi connectivity index (χ4n) is 2.15. The van der Waals surface area contributed by atoms with Gasteiger partial charge in [0, 0.05) is 9.77 Å². The SMILES string of the molecule is FC(F)(F)c1cnc(OCc2ccccc2)nc1Nc1ccccc1I. The molecule has 0 amide bonds. The third-order valence-electron chi connectivity index (χ3n) is 3.41. The Morgan fingerprint density at radius 2 is 1.69 bits per heavy atom. The number of rotatable bonds is 5. The van der Waals surface area contributed by atoms with Crippen LogP contribution in [-0.2, 0) is 12.8 Å². The quantitative estimate of drug-likeness (QED) is 0.505. The molecule has 0 atom stereocenters. The molecule has 0 aliphatic heterocycles. The standard InChI is InChI=1S/C18H13F3IN3O/c19-18(20,21)13-10-23-17(26-11-12-6-2-1-3-7-12)25-16(13)24-15-9-5-4-8-14(15)22/h1-10H,11H2,(H,23,24,25). The van der Waals surface area contributed by atoms with E-state index in [1.54, 1.807) is 24.3 Å². The lowest BCUT2D eigenvalue weighted by Crippen LogP contribution is -2.12. The normalized spacial score (nSPS) is 11.2. The molecule has 134 valence electrons. The lowest BCUT2D eigenvalue weighted by atomic mass is 10.2. The highest BCUT2D eigenvalue weighted by Crippen LogP contribution is 2.36. The van der Waals surface area contributed by atoms with Gasteiger partial charge in [-0.05, 0) is 40.3 Å². The van der Waals surface area contributed by atoms with Crippen LogP contribution in [-0.4, -0.2) is 9.97 Å². The molecule has 0 unspecified atom stereocenters. The summed E-state index contributed by atoms with van der Waals surface area (Å²) in [6.45, 7) is 0.161. The van der Waals surface area contributed by atoms with Crippen LogP contribution in [0.15, 0.2) is 60.8 Å². The zero-order valence-corrected chi connectivity index (χ0v) is 15.5. The van der Waals surface area contributed by atoms with Crippen molar-refractivity contribution in [2.45, 2.75) is 12.8 Å². The summed E-state index contributed by atoms with van der Waals surface area (Å²) >= 11 is 2.03. The molecule has 4 nitrogen and oxygen atoms in total. The maximum atomic E-state index is 13.3. The van der Waals surface area contributed by atoms with Gasteiger partial charge in [0.25, 0.3) is 0 Å². The molecule has 1 heterocycles. The fourth-order valence-corrected chi connectivity index (χ4v) is 2.67. The van der Waals surface area contributed by atoms with Gasteiger partial charge in [0.1, 0.15) is 18.0 Å². The largest absolute Gasteiger partial charge is 0.459 e. The molecule has 0 spiro atoms. The number of ether oxygens (including phenoxy) is 1. The van der Waals surface area contributed by atoms with Crippen LogP contribution in [0.5, 0.6) is 6.01 Å². The molecule has 1 N–H and O–H groups in total. The molecule has 0 saturated carbocycles. The number of aromatic nitrogens is 2. The molecule has 0 aliphatic carbocycles. The monoisotopic (exact) mass is 471 g/mol. The van der Waals surface area contributed by atoms with E-state index in [2.05, 4.69) is 15.3 Å². The Kier molecular flexibility index (Phi) is 5.60. The number of benzene rings is 2. The van der Waals surface area contributed by atoms with Crippen LogP contribution in [0.1, 0.15) is 11.1 Å². The van der Waals surface area contributed by atoms with Crippen molar-refractivity contribution in [3.63, 3.8) is 0 Å². The van der Waals surface area contributed by atoms with E-state index in [4.69, 9.17) is 4.74 Å². The van der Waals surface area contributed by atoms with Crippen molar-refractivity contribution in [2.24, 2.45) is 0 Å². The van der Waals surface area contributed by atoms with Crippen molar-refractivity contribution in [1.82, 2.24) is 9.97 Å². The molecule has 8 heteroatoms. The van der Waals surface area contributed by atoms with Crippen LogP contribution in [0.2, 0.25) is 0 Å². The Hall–Kier alpha value is -2.36. The summed E-state index contributed by atoms with van der Waals surface area (Å²) in [6, 6.07) is 16.1. The molecule has 26 heavy (non-hydrogen) atoms. The van der Waals surface area contributed by atoms with Crippen molar-refractivity contribution < 1.29 is 17.9 Å². The molecule has 0 aliphatic rings. The second-order valence-electron chi connectivity index (χ2n) is 5.29. The van der Waals surface area contributed by atoms with E-state index in [0.29, 0.717) is 5.69 Å². The second-order valence-corrected chi connectivity index (χ2v) is 6.45. The number of nitrogens with zero attached hydrogens (tertiary/aromatic N) is 2. The van der Waals surface area contributed by atoms with Crippen LogP contribution >= 0.6 is 22.6 Å². The number of halogens is 4. The molecule has 0 bridgehead atoms. The molecule has 2 aromatic carbocycles. The van der Waals surface area contributed by atoms with E-state index in [9.17, 15) is 13.2 Å².